The number of hydrogen-bond acceptors (Lipinski definition) is 8. The summed E-state index contributed by atoms with van der Waals surface area (Å²) < 4.78 is 8.72. The van der Waals surface area contributed by atoms with Crippen LogP contribution in [0.1, 0.15) is 10.5 Å². The molecule has 0 saturated carbocycles. The fourth-order valence-electron chi connectivity index (χ4n) is 1.25. The van der Waals surface area contributed by atoms with Crippen LogP contribution in [0.2, 0.25) is 0 Å². The maximum absolute atomic E-state index is 11.2. The fourth-order valence-corrected chi connectivity index (χ4v) is 2.13. The second kappa shape index (κ2) is 8.53. The molecule has 114 valence electrons. The monoisotopic (exact) mass is 330 g/mol. The van der Waals surface area contributed by atoms with Gasteiger partial charge in [0.15, 0.2) is 5.69 Å². The molecule has 0 unspecified atom stereocenters. The van der Waals surface area contributed by atoms with Crippen molar-refractivity contribution in [3.8, 4) is 0 Å². The maximum Gasteiger partial charge on any atom is 0.356 e. The van der Waals surface area contributed by atoms with E-state index in [1.165, 1.54) is 26.0 Å². The molecule has 21 heavy (non-hydrogen) atoms. The number of esters is 2. The molecule has 2 heterocycles. The van der Waals surface area contributed by atoms with E-state index >= 15 is 0 Å². The second-order valence-electron chi connectivity index (χ2n) is 3.61. The number of carbonyl (C=O) groups is 3. The van der Waals surface area contributed by atoms with Crippen LogP contribution in [-0.2, 0) is 19.1 Å². The Balaban J connectivity index is 0.000000315. The Bertz CT molecular complexity index is 544. The number of carbonyl (C=O) groups excluding carboxylic acids is 3. The Morgan fingerprint density at radius 3 is 2.62 bits per heavy atom. The lowest BCUT2D eigenvalue weighted by molar-refractivity contribution is -0.137. The van der Waals surface area contributed by atoms with Crippen molar-refractivity contribution in [3.05, 3.63) is 17.8 Å². The van der Waals surface area contributed by atoms with Gasteiger partial charge in [-0.1, -0.05) is 0 Å². The Morgan fingerprint density at radius 2 is 2.10 bits per heavy atom. The molecular formula is C12H14N2O5S2. The van der Waals surface area contributed by atoms with Gasteiger partial charge in [0.25, 0.3) is 0 Å². The molecule has 0 atom stereocenters. The van der Waals surface area contributed by atoms with E-state index in [4.69, 9.17) is 0 Å². The van der Waals surface area contributed by atoms with Crippen LogP contribution in [0.4, 0.5) is 5.82 Å². The molecule has 0 aliphatic carbocycles. The van der Waals surface area contributed by atoms with Crippen LogP contribution < -0.4 is 5.32 Å². The van der Waals surface area contributed by atoms with Crippen molar-refractivity contribution in [2.24, 2.45) is 0 Å². The molecular weight excluding hydrogens is 316 g/mol. The number of hydrogen-bond donors (Lipinski definition) is 2. The average Bonchev–Trinajstić information content (AvgIpc) is 2.53. The van der Waals surface area contributed by atoms with Gasteiger partial charge in [0, 0.05) is 0 Å². The highest BCUT2D eigenvalue weighted by atomic mass is 32.2. The largest absolute Gasteiger partial charge is 0.468 e. The molecule has 0 saturated heterocycles. The molecule has 7 nitrogen and oxygen atoms in total. The van der Waals surface area contributed by atoms with E-state index in [9.17, 15) is 14.4 Å². The Morgan fingerprint density at radius 1 is 1.38 bits per heavy atom. The third-order valence-electron chi connectivity index (χ3n) is 2.23. The maximum atomic E-state index is 11.2. The summed E-state index contributed by atoms with van der Waals surface area (Å²) in [5.41, 5.74) is 0.194. The summed E-state index contributed by atoms with van der Waals surface area (Å²) in [6, 6.07) is 3.33. The van der Waals surface area contributed by atoms with E-state index in [0.717, 1.165) is 4.90 Å². The minimum absolute atomic E-state index is 0.109. The van der Waals surface area contributed by atoms with Gasteiger partial charge in [-0.05, 0) is 12.1 Å². The molecule has 0 spiro atoms. The molecule has 0 bridgehead atoms. The number of amides is 1. The van der Waals surface area contributed by atoms with Gasteiger partial charge >= 0.3 is 11.9 Å². The van der Waals surface area contributed by atoms with Crippen molar-refractivity contribution >= 4 is 48.1 Å². The minimum Gasteiger partial charge on any atom is -0.468 e. The van der Waals surface area contributed by atoms with Crippen LogP contribution in [0.3, 0.4) is 0 Å². The Kier molecular flexibility index (Phi) is 7.03. The quantitative estimate of drug-likeness (QED) is 0.617. The molecule has 0 aromatic carbocycles. The summed E-state index contributed by atoms with van der Waals surface area (Å²) in [4.78, 5) is 37.0. The summed E-state index contributed by atoms with van der Waals surface area (Å²) in [7, 11) is 2.62. The highest BCUT2D eigenvalue weighted by Crippen LogP contribution is 2.29. The van der Waals surface area contributed by atoms with E-state index in [1.54, 1.807) is 12.1 Å². The first kappa shape index (κ1) is 17.3. The molecule has 9 heteroatoms. The van der Waals surface area contributed by atoms with E-state index in [0.29, 0.717) is 11.6 Å². The first-order valence-electron chi connectivity index (χ1n) is 5.71. The molecule has 1 N–H and O–H groups in total. The van der Waals surface area contributed by atoms with Gasteiger partial charge in [-0.25, -0.2) is 9.78 Å². The molecule has 1 aromatic rings. The van der Waals surface area contributed by atoms with Crippen LogP contribution in [0.15, 0.2) is 17.0 Å². The molecule has 1 aromatic heterocycles. The van der Waals surface area contributed by atoms with Crippen molar-refractivity contribution in [1.82, 2.24) is 4.98 Å². The lowest BCUT2D eigenvalue weighted by Gasteiger charge is -2.15. The number of methoxy groups -OCH3 is 2. The standard InChI is InChI=1S/C9H8N2O3S.C3H6O2S/c1-14-9(13)5-2-3-6-8(10-5)11-7(12)4-15-6;1-5-3(4)2-6/h2-3H,4H2,1H3,(H,10,11,12);6H,2H2,1H3. The SMILES string of the molecule is COC(=O)CS.COC(=O)c1ccc2c(n1)NC(=O)CS2. The lowest BCUT2D eigenvalue weighted by atomic mass is 10.3. The molecule has 1 amide bonds. The number of nitrogens with zero attached hydrogens (tertiary/aromatic N) is 1. The summed E-state index contributed by atoms with van der Waals surface area (Å²) in [5, 5.41) is 2.60. The van der Waals surface area contributed by atoms with Crippen molar-refractivity contribution in [2.75, 3.05) is 31.0 Å². The predicted molar refractivity (Wildman–Crippen MR) is 80.8 cm³/mol. The molecule has 0 fully saturated rings. The summed E-state index contributed by atoms with van der Waals surface area (Å²) >= 11 is 5.02. The van der Waals surface area contributed by atoms with Crippen LogP contribution in [0, 0.1) is 0 Å². The highest BCUT2D eigenvalue weighted by Gasteiger charge is 2.18. The van der Waals surface area contributed by atoms with Crippen molar-refractivity contribution < 1.29 is 23.9 Å². The number of aromatic nitrogens is 1. The van der Waals surface area contributed by atoms with Gasteiger partial charge in [0.2, 0.25) is 5.91 Å². The van der Waals surface area contributed by atoms with E-state index in [-0.39, 0.29) is 23.3 Å². The van der Waals surface area contributed by atoms with Gasteiger partial charge in [0.1, 0.15) is 5.82 Å². The third-order valence-corrected chi connectivity index (χ3v) is 3.53. The van der Waals surface area contributed by atoms with E-state index in [2.05, 4.69) is 32.4 Å². The smallest absolute Gasteiger partial charge is 0.356 e. The Labute approximate surface area is 131 Å². The Hall–Kier alpha value is -1.74. The predicted octanol–water partition coefficient (Wildman–Crippen LogP) is 1.00. The summed E-state index contributed by atoms with van der Waals surface area (Å²) in [6.07, 6.45) is 0. The number of nitrogens with one attached hydrogen (secondary N) is 1. The highest BCUT2D eigenvalue weighted by molar-refractivity contribution is 8.00. The third kappa shape index (κ3) is 5.27. The number of thiol groups is 1. The molecule has 0 radical (unpaired) electrons. The molecule has 1 aliphatic rings. The van der Waals surface area contributed by atoms with Gasteiger partial charge in [-0.3, -0.25) is 9.59 Å². The van der Waals surface area contributed by atoms with Gasteiger partial charge in [-0.2, -0.15) is 12.6 Å². The van der Waals surface area contributed by atoms with Crippen LogP contribution in [0.25, 0.3) is 0 Å². The number of fused-ring (bicyclic) bond motifs is 1. The fraction of sp³-hybridized carbons (Fsp3) is 0.333. The van der Waals surface area contributed by atoms with Gasteiger partial charge in [0.05, 0.1) is 30.6 Å². The second-order valence-corrected chi connectivity index (χ2v) is 4.94. The minimum atomic E-state index is -0.511. The van der Waals surface area contributed by atoms with Gasteiger partial charge in [-0.15, -0.1) is 11.8 Å². The topological polar surface area (TPSA) is 94.6 Å². The first-order chi connectivity index (χ1) is 10.0. The van der Waals surface area contributed by atoms with E-state index in [1.807, 2.05) is 0 Å². The summed E-state index contributed by atoms with van der Waals surface area (Å²) in [5.74, 6) is 0.0602. The van der Waals surface area contributed by atoms with Crippen LogP contribution in [0.5, 0.6) is 0 Å². The number of rotatable bonds is 2. The number of pyridine rings is 1. The average molecular weight is 330 g/mol. The van der Waals surface area contributed by atoms with Crippen LogP contribution in [-0.4, -0.2) is 48.6 Å². The van der Waals surface area contributed by atoms with Crippen molar-refractivity contribution in [3.63, 3.8) is 0 Å². The van der Waals surface area contributed by atoms with Gasteiger partial charge < -0.3 is 14.8 Å². The molecule has 2 rings (SSSR count). The zero-order valence-electron chi connectivity index (χ0n) is 11.4. The summed E-state index contributed by atoms with van der Waals surface area (Å²) in [6.45, 7) is 0. The number of ether oxygens (including phenoxy) is 2. The van der Waals surface area contributed by atoms with E-state index < -0.39 is 5.97 Å². The number of anilines is 1. The normalized spacial score (nSPS) is 12.2. The van der Waals surface area contributed by atoms with Crippen molar-refractivity contribution in [2.45, 2.75) is 4.90 Å². The number of thioether (sulfide) groups is 1. The zero-order chi connectivity index (χ0) is 15.8. The first-order valence-corrected chi connectivity index (χ1v) is 7.33. The lowest BCUT2D eigenvalue weighted by Crippen LogP contribution is -2.20. The van der Waals surface area contributed by atoms with Crippen molar-refractivity contribution in [1.29, 1.82) is 0 Å². The van der Waals surface area contributed by atoms with Crippen LogP contribution >= 0.6 is 24.4 Å². The molecule has 1 aliphatic heterocycles. The zero-order valence-corrected chi connectivity index (χ0v) is 13.1.